The molecule has 3 rings (SSSR count). The lowest BCUT2D eigenvalue weighted by Crippen LogP contribution is -2.37. The van der Waals surface area contributed by atoms with Crippen LogP contribution in [-0.4, -0.2) is 50.6 Å². The van der Waals surface area contributed by atoms with Crippen LogP contribution in [0.5, 0.6) is 0 Å². The standard InChI is InChI=1S/C22H27Cl2N3O/c1-26-13-5-7-18(26)15-27(2)21-8-4-3-6-16(21)11-12-25-22(28)17-9-10-19(23)20(24)14-17/h3-4,6,8-10,14,18H,5,7,11-13,15H2,1-2H3,(H,25,28). The second-order valence-electron chi connectivity index (χ2n) is 7.42. The number of anilines is 1. The summed E-state index contributed by atoms with van der Waals surface area (Å²) in [5, 5.41) is 3.81. The zero-order chi connectivity index (χ0) is 20.1. The van der Waals surface area contributed by atoms with E-state index in [0.717, 1.165) is 13.0 Å². The van der Waals surface area contributed by atoms with Gasteiger partial charge in [0.25, 0.3) is 5.91 Å². The molecular formula is C22H27Cl2N3O. The van der Waals surface area contributed by atoms with Crippen molar-refractivity contribution in [3.63, 3.8) is 0 Å². The number of benzene rings is 2. The number of rotatable bonds is 7. The van der Waals surface area contributed by atoms with Crippen molar-refractivity contribution in [1.29, 1.82) is 0 Å². The highest BCUT2D eigenvalue weighted by atomic mass is 35.5. The van der Waals surface area contributed by atoms with Gasteiger partial charge in [-0.3, -0.25) is 4.79 Å². The molecule has 2 aromatic carbocycles. The smallest absolute Gasteiger partial charge is 0.251 e. The van der Waals surface area contributed by atoms with E-state index in [1.54, 1.807) is 18.2 Å². The molecule has 0 spiro atoms. The summed E-state index contributed by atoms with van der Waals surface area (Å²) in [7, 11) is 4.36. The number of amides is 1. The Morgan fingerprint density at radius 1 is 1.21 bits per heavy atom. The van der Waals surface area contributed by atoms with Crippen molar-refractivity contribution in [1.82, 2.24) is 10.2 Å². The first-order valence-electron chi connectivity index (χ1n) is 9.68. The van der Waals surface area contributed by atoms with Gasteiger partial charge in [-0.15, -0.1) is 0 Å². The SMILES string of the molecule is CN(CC1CCCN1C)c1ccccc1CCNC(=O)c1ccc(Cl)c(Cl)c1. The Bertz CT molecular complexity index is 827. The van der Waals surface area contributed by atoms with Gasteiger partial charge in [0, 0.05) is 37.4 Å². The first kappa shape index (κ1) is 21.0. The van der Waals surface area contributed by atoms with Gasteiger partial charge in [-0.1, -0.05) is 41.4 Å². The summed E-state index contributed by atoms with van der Waals surface area (Å²) in [5.41, 5.74) is 2.98. The number of hydrogen-bond acceptors (Lipinski definition) is 3. The average Bonchev–Trinajstić information content (AvgIpc) is 3.08. The van der Waals surface area contributed by atoms with Gasteiger partial charge in [0.2, 0.25) is 0 Å². The Labute approximate surface area is 177 Å². The number of likely N-dealkylation sites (tertiary alicyclic amines) is 1. The summed E-state index contributed by atoms with van der Waals surface area (Å²) in [4.78, 5) is 17.1. The van der Waals surface area contributed by atoms with Gasteiger partial charge in [-0.05, 0) is 62.7 Å². The van der Waals surface area contributed by atoms with E-state index in [9.17, 15) is 4.79 Å². The summed E-state index contributed by atoms with van der Waals surface area (Å²) < 4.78 is 0. The lowest BCUT2D eigenvalue weighted by atomic mass is 10.1. The molecule has 6 heteroatoms. The second kappa shape index (κ2) is 9.64. The third-order valence-corrected chi connectivity index (χ3v) is 6.16. The van der Waals surface area contributed by atoms with E-state index in [1.165, 1.54) is 30.6 Å². The molecule has 1 fully saturated rings. The predicted molar refractivity (Wildman–Crippen MR) is 118 cm³/mol. The molecule has 2 aromatic rings. The van der Waals surface area contributed by atoms with E-state index in [4.69, 9.17) is 23.2 Å². The van der Waals surface area contributed by atoms with Gasteiger partial charge in [-0.25, -0.2) is 0 Å². The number of para-hydroxylation sites is 1. The minimum atomic E-state index is -0.142. The number of hydrogen-bond donors (Lipinski definition) is 1. The van der Waals surface area contributed by atoms with Gasteiger partial charge >= 0.3 is 0 Å². The van der Waals surface area contributed by atoms with Crippen molar-refractivity contribution >= 4 is 34.8 Å². The monoisotopic (exact) mass is 419 g/mol. The molecule has 0 bridgehead atoms. The summed E-state index contributed by atoms with van der Waals surface area (Å²) in [6.45, 7) is 2.76. The molecule has 0 radical (unpaired) electrons. The Balaban J connectivity index is 1.58. The number of carbonyl (C=O) groups is 1. The summed E-state index contributed by atoms with van der Waals surface area (Å²) in [5.74, 6) is -0.142. The molecular weight excluding hydrogens is 393 g/mol. The number of likely N-dealkylation sites (N-methyl/N-ethyl adjacent to an activating group) is 2. The van der Waals surface area contributed by atoms with Crippen LogP contribution in [0.1, 0.15) is 28.8 Å². The van der Waals surface area contributed by atoms with Crippen LogP contribution in [-0.2, 0) is 6.42 Å². The van der Waals surface area contributed by atoms with Gasteiger partial charge in [-0.2, -0.15) is 0 Å². The molecule has 1 aliphatic rings. The van der Waals surface area contributed by atoms with Crippen molar-refractivity contribution in [2.24, 2.45) is 0 Å². The van der Waals surface area contributed by atoms with Crippen molar-refractivity contribution in [3.8, 4) is 0 Å². The normalized spacial score (nSPS) is 16.9. The van der Waals surface area contributed by atoms with E-state index in [-0.39, 0.29) is 5.91 Å². The fraction of sp³-hybridized carbons (Fsp3) is 0.409. The maximum Gasteiger partial charge on any atom is 0.251 e. The van der Waals surface area contributed by atoms with Crippen LogP contribution in [0.2, 0.25) is 10.0 Å². The highest BCUT2D eigenvalue weighted by molar-refractivity contribution is 6.42. The van der Waals surface area contributed by atoms with Crippen molar-refractivity contribution in [2.45, 2.75) is 25.3 Å². The maximum atomic E-state index is 12.4. The van der Waals surface area contributed by atoms with Gasteiger partial charge in [0.05, 0.1) is 10.0 Å². The quantitative estimate of drug-likeness (QED) is 0.717. The van der Waals surface area contributed by atoms with E-state index < -0.39 is 0 Å². The van der Waals surface area contributed by atoms with Crippen molar-refractivity contribution < 1.29 is 4.79 Å². The summed E-state index contributed by atoms with van der Waals surface area (Å²) in [6, 6.07) is 13.9. The largest absolute Gasteiger partial charge is 0.373 e. The highest BCUT2D eigenvalue weighted by Crippen LogP contribution is 2.24. The van der Waals surface area contributed by atoms with E-state index in [1.807, 2.05) is 0 Å². The molecule has 1 N–H and O–H groups in total. The molecule has 0 aliphatic carbocycles. The van der Waals surface area contributed by atoms with E-state index in [0.29, 0.717) is 28.2 Å². The van der Waals surface area contributed by atoms with Crippen LogP contribution < -0.4 is 10.2 Å². The molecule has 1 heterocycles. The predicted octanol–water partition coefficient (Wildman–Crippen LogP) is 4.50. The zero-order valence-electron chi connectivity index (χ0n) is 16.4. The van der Waals surface area contributed by atoms with Crippen LogP contribution in [0.3, 0.4) is 0 Å². The Kier molecular flexibility index (Phi) is 7.22. The second-order valence-corrected chi connectivity index (χ2v) is 8.24. The van der Waals surface area contributed by atoms with Crippen molar-refractivity contribution in [2.75, 3.05) is 38.6 Å². The molecule has 1 atom stereocenters. The van der Waals surface area contributed by atoms with Crippen LogP contribution >= 0.6 is 23.2 Å². The Hall–Kier alpha value is -1.75. The molecule has 28 heavy (non-hydrogen) atoms. The lowest BCUT2D eigenvalue weighted by molar-refractivity contribution is 0.0954. The molecule has 150 valence electrons. The molecule has 1 amide bonds. The zero-order valence-corrected chi connectivity index (χ0v) is 17.9. The summed E-state index contributed by atoms with van der Waals surface area (Å²) in [6.07, 6.45) is 3.30. The lowest BCUT2D eigenvalue weighted by Gasteiger charge is -2.29. The topological polar surface area (TPSA) is 35.6 Å². The highest BCUT2D eigenvalue weighted by Gasteiger charge is 2.22. The molecule has 0 saturated carbocycles. The van der Waals surface area contributed by atoms with E-state index in [2.05, 4.69) is 53.5 Å². The van der Waals surface area contributed by atoms with Gasteiger partial charge in [0.1, 0.15) is 0 Å². The molecule has 0 aromatic heterocycles. The van der Waals surface area contributed by atoms with Crippen LogP contribution in [0, 0.1) is 0 Å². The molecule has 1 unspecified atom stereocenters. The van der Waals surface area contributed by atoms with Crippen molar-refractivity contribution in [3.05, 3.63) is 63.6 Å². The number of carbonyl (C=O) groups excluding carboxylic acids is 1. The third-order valence-electron chi connectivity index (χ3n) is 5.42. The molecule has 4 nitrogen and oxygen atoms in total. The average molecular weight is 420 g/mol. The number of nitrogens with one attached hydrogen (secondary N) is 1. The number of halogens is 2. The fourth-order valence-corrected chi connectivity index (χ4v) is 4.07. The maximum absolute atomic E-state index is 12.4. The van der Waals surface area contributed by atoms with E-state index >= 15 is 0 Å². The fourth-order valence-electron chi connectivity index (χ4n) is 3.77. The minimum absolute atomic E-state index is 0.142. The molecule has 1 aliphatic heterocycles. The first-order valence-corrected chi connectivity index (χ1v) is 10.4. The van der Waals surface area contributed by atoms with Gasteiger partial charge in [0.15, 0.2) is 0 Å². The molecule has 1 saturated heterocycles. The van der Waals surface area contributed by atoms with Crippen LogP contribution in [0.4, 0.5) is 5.69 Å². The number of nitrogens with zero attached hydrogens (tertiary/aromatic N) is 2. The minimum Gasteiger partial charge on any atom is -0.373 e. The third kappa shape index (κ3) is 5.19. The Morgan fingerprint density at radius 2 is 2.00 bits per heavy atom. The van der Waals surface area contributed by atoms with Crippen LogP contribution in [0.15, 0.2) is 42.5 Å². The first-order chi connectivity index (χ1) is 13.5. The Morgan fingerprint density at radius 3 is 2.71 bits per heavy atom. The van der Waals surface area contributed by atoms with Gasteiger partial charge < -0.3 is 15.1 Å². The summed E-state index contributed by atoms with van der Waals surface area (Å²) >= 11 is 11.9. The van der Waals surface area contributed by atoms with Crippen LogP contribution in [0.25, 0.3) is 0 Å².